The standard InChI is InChI=1S/2C10H18O4.2C9H16O5.Ca.2H/c2*11-9(12)7-5-3-1-2-4-6-8-10(13)14;2*1-7(2)8(13)14-6-9(3-10,4-11)5-12;;;/h2*1-8H2,(H,11,12)(H,13,14);2*10-12H,1,3-6H2,2H3;;;/q;;;;+2;2*-1. The fourth-order valence-corrected chi connectivity index (χ4v) is 3.78. The van der Waals surface area contributed by atoms with E-state index in [1.165, 1.54) is 13.8 Å². The minimum absolute atomic E-state index is 0. The minimum atomic E-state index is -1.18. The molecule has 57 heavy (non-hydrogen) atoms. The molecule has 0 atom stereocenters. The Morgan fingerprint density at radius 3 is 0.737 bits per heavy atom. The summed E-state index contributed by atoms with van der Waals surface area (Å²) in [5.74, 6) is -4.17. The first kappa shape index (κ1) is 63.5. The van der Waals surface area contributed by atoms with E-state index in [9.17, 15) is 28.8 Å². The third-order valence-electron chi connectivity index (χ3n) is 7.79. The molecular weight excluding hydrogens is 784 g/mol. The monoisotopic (exact) mass is 854 g/mol. The summed E-state index contributed by atoms with van der Waals surface area (Å²) in [5, 5.41) is 86.8. The van der Waals surface area contributed by atoms with Crippen molar-refractivity contribution >= 4 is 73.6 Å². The van der Waals surface area contributed by atoms with Gasteiger partial charge in [0.05, 0.1) is 50.5 Å². The molecule has 0 bridgehead atoms. The molecule has 0 fully saturated rings. The molecule has 10 N–H and O–H groups in total. The molecule has 0 aromatic carbocycles. The zero-order chi connectivity index (χ0) is 44.0. The predicted molar refractivity (Wildman–Crippen MR) is 211 cm³/mol. The Kier molecular flexibility index (Phi) is 46.2. The molecule has 332 valence electrons. The topological polar surface area (TPSA) is 323 Å². The molecule has 0 radical (unpaired) electrons. The molecule has 0 aromatic heterocycles. The number of unbranched alkanes of at least 4 members (excludes halogenated alkanes) is 10. The third kappa shape index (κ3) is 42.7. The van der Waals surface area contributed by atoms with Crippen molar-refractivity contribution in [1.29, 1.82) is 0 Å². The summed E-state index contributed by atoms with van der Waals surface area (Å²) in [6.07, 6.45) is 11.6. The molecule has 0 aliphatic carbocycles. The van der Waals surface area contributed by atoms with E-state index < -0.39 is 86.3 Å². The first-order chi connectivity index (χ1) is 26.3. The van der Waals surface area contributed by atoms with Crippen LogP contribution in [0, 0.1) is 10.8 Å². The van der Waals surface area contributed by atoms with Crippen LogP contribution in [0.4, 0.5) is 0 Å². The maximum Gasteiger partial charge on any atom is 2.00 e. The van der Waals surface area contributed by atoms with E-state index in [0.29, 0.717) is 0 Å². The van der Waals surface area contributed by atoms with Crippen LogP contribution < -0.4 is 0 Å². The SMILES string of the molecule is C=C(C)C(=O)OCC(CO)(CO)CO.C=C(C)C(=O)OCC(CO)(CO)CO.O=C(O)CCCCCCCCC(=O)O.O=C(O)CCCCCCCCC(=O)O.[Ca+2].[H-].[H-]. The van der Waals surface area contributed by atoms with Crippen molar-refractivity contribution < 1.29 is 92.2 Å². The Morgan fingerprint density at radius 2 is 0.596 bits per heavy atom. The maximum absolute atomic E-state index is 11.0. The summed E-state index contributed by atoms with van der Waals surface area (Å²) in [6.45, 7) is 6.52. The van der Waals surface area contributed by atoms with E-state index in [1.807, 2.05) is 0 Å². The maximum atomic E-state index is 11.0. The quantitative estimate of drug-likeness (QED) is 0.0215. The van der Waals surface area contributed by atoms with Gasteiger partial charge < -0.3 is 63.4 Å². The van der Waals surface area contributed by atoms with E-state index in [0.717, 1.165) is 77.0 Å². The third-order valence-corrected chi connectivity index (χ3v) is 7.79. The van der Waals surface area contributed by atoms with Crippen LogP contribution in [0.2, 0.25) is 0 Å². The van der Waals surface area contributed by atoms with Crippen molar-refractivity contribution in [2.75, 3.05) is 52.9 Å². The van der Waals surface area contributed by atoms with Gasteiger partial charge in [-0.25, -0.2) is 9.59 Å². The molecule has 0 rings (SSSR count). The molecule has 0 aromatic rings. The molecule has 0 unspecified atom stereocenters. The van der Waals surface area contributed by atoms with Gasteiger partial charge in [-0.2, -0.15) is 0 Å². The fraction of sp³-hybridized carbons (Fsp3) is 0.737. The number of carbonyl (C=O) groups excluding carboxylic acids is 2. The summed E-state index contributed by atoms with van der Waals surface area (Å²) in [5.41, 5.74) is -1.89. The normalized spacial score (nSPS) is 10.4. The van der Waals surface area contributed by atoms with Gasteiger partial charge in [-0.15, -0.1) is 0 Å². The molecule has 18 nitrogen and oxygen atoms in total. The van der Waals surface area contributed by atoms with E-state index >= 15 is 0 Å². The molecule has 19 heteroatoms. The first-order valence-electron chi connectivity index (χ1n) is 18.5. The predicted octanol–water partition coefficient (Wildman–Crippen LogP) is 2.54. The Labute approximate surface area is 368 Å². The second-order valence-corrected chi connectivity index (χ2v) is 13.5. The molecule has 0 spiro atoms. The van der Waals surface area contributed by atoms with Gasteiger partial charge in [-0.3, -0.25) is 19.2 Å². The van der Waals surface area contributed by atoms with Crippen LogP contribution in [0.25, 0.3) is 0 Å². The van der Waals surface area contributed by atoms with Crippen LogP contribution in [-0.4, -0.2) is 177 Å². The zero-order valence-corrected chi connectivity index (χ0v) is 36.0. The molecule has 0 amide bonds. The van der Waals surface area contributed by atoms with Gasteiger partial charge in [0.2, 0.25) is 0 Å². The van der Waals surface area contributed by atoms with Crippen LogP contribution >= 0.6 is 0 Å². The second kappa shape index (κ2) is 41.5. The number of aliphatic carboxylic acids is 4. The number of aliphatic hydroxyl groups is 6. The zero-order valence-electron chi connectivity index (χ0n) is 35.8. The number of ether oxygens (including phenoxy) is 2. The molecule has 0 aliphatic rings. The largest absolute Gasteiger partial charge is 2.00 e. The number of aliphatic hydroxyl groups excluding tert-OH is 6. The molecule has 0 saturated heterocycles. The van der Waals surface area contributed by atoms with Crippen molar-refractivity contribution in [2.24, 2.45) is 10.8 Å². The number of rotatable bonds is 30. The van der Waals surface area contributed by atoms with Crippen molar-refractivity contribution in [3.63, 3.8) is 0 Å². The second-order valence-electron chi connectivity index (χ2n) is 13.5. The minimum Gasteiger partial charge on any atom is -1.00 e. The first-order valence-corrected chi connectivity index (χ1v) is 18.5. The van der Waals surface area contributed by atoms with Gasteiger partial charge in [-0.05, 0) is 39.5 Å². The van der Waals surface area contributed by atoms with Gasteiger partial charge in [-0.1, -0.05) is 64.5 Å². The van der Waals surface area contributed by atoms with E-state index in [1.54, 1.807) is 0 Å². The molecule has 0 saturated carbocycles. The number of esters is 2. The molecule has 0 heterocycles. The molecular formula is C38H70CaO18. The Balaban J connectivity index is -0.000000120. The van der Waals surface area contributed by atoms with Crippen molar-refractivity contribution in [2.45, 2.75) is 117 Å². The average molecular weight is 855 g/mol. The van der Waals surface area contributed by atoms with Gasteiger partial charge >= 0.3 is 73.6 Å². The van der Waals surface area contributed by atoms with E-state index in [4.69, 9.17) is 60.5 Å². The smallest absolute Gasteiger partial charge is 1.00 e. The van der Waals surface area contributed by atoms with Gasteiger partial charge in [0, 0.05) is 36.8 Å². The van der Waals surface area contributed by atoms with Crippen LogP contribution in [0.3, 0.4) is 0 Å². The number of hydrogen-bond acceptors (Lipinski definition) is 14. The van der Waals surface area contributed by atoms with E-state index in [-0.39, 0.29) is 90.6 Å². The Hall–Kier alpha value is -2.68. The van der Waals surface area contributed by atoms with Gasteiger partial charge in [0.15, 0.2) is 0 Å². The van der Waals surface area contributed by atoms with Crippen LogP contribution in [0.5, 0.6) is 0 Å². The summed E-state index contributed by atoms with van der Waals surface area (Å²) >= 11 is 0. The van der Waals surface area contributed by atoms with Crippen LogP contribution in [0.15, 0.2) is 24.3 Å². The average Bonchev–Trinajstić information content (AvgIpc) is 3.15. The van der Waals surface area contributed by atoms with Gasteiger partial charge in [0.25, 0.3) is 0 Å². The van der Waals surface area contributed by atoms with Gasteiger partial charge in [0.1, 0.15) is 13.2 Å². The Bertz CT molecular complexity index is 989. The van der Waals surface area contributed by atoms with E-state index in [2.05, 4.69) is 13.2 Å². The number of carboxylic acid groups (broad SMARTS) is 4. The van der Waals surface area contributed by atoms with Crippen molar-refractivity contribution in [3.05, 3.63) is 24.3 Å². The Morgan fingerprint density at radius 1 is 0.421 bits per heavy atom. The van der Waals surface area contributed by atoms with Crippen LogP contribution in [0.1, 0.15) is 119 Å². The van der Waals surface area contributed by atoms with Crippen molar-refractivity contribution in [1.82, 2.24) is 0 Å². The van der Waals surface area contributed by atoms with Crippen molar-refractivity contribution in [3.8, 4) is 0 Å². The van der Waals surface area contributed by atoms with Crippen LogP contribution in [-0.2, 0) is 38.2 Å². The molecule has 0 aliphatic heterocycles. The number of hydrogen-bond donors (Lipinski definition) is 10. The summed E-state index contributed by atoms with van der Waals surface area (Å²) in [4.78, 5) is 62.5. The number of carbonyl (C=O) groups is 6. The summed E-state index contributed by atoms with van der Waals surface area (Å²) in [6, 6.07) is 0. The summed E-state index contributed by atoms with van der Waals surface area (Å²) < 4.78 is 9.45. The fourth-order valence-electron chi connectivity index (χ4n) is 3.78. The number of carboxylic acids is 4. The summed E-state index contributed by atoms with van der Waals surface area (Å²) in [7, 11) is 0.